The van der Waals surface area contributed by atoms with Crippen LogP contribution in [0.3, 0.4) is 0 Å². The monoisotopic (exact) mass is 309 g/mol. The molecule has 1 aliphatic heterocycles. The van der Waals surface area contributed by atoms with Crippen molar-refractivity contribution in [1.82, 2.24) is 4.90 Å². The topological polar surface area (TPSA) is 46.6 Å². The van der Waals surface area contributed by atoms with E-state index in [-0.39, 0.29) is 17.8 Å². The largest absolute Gasteiger partial charge is 0.466 e. The fourth-order valence-electron chi connectivity index (χ4n) is 2.71. The van der Waals surface area contributed by atoms with Crippen molar-refractivity contribution in [2.24, 2.45) is 5.92 Å². The molecule has 4 nitrogen and oxygen atoms in total. The van der Waals surface area contributed by atoms with Crippen LogP contribution in [0.25, 0.3) is 0 Å². The van der Waals surface area contributed by atoms with Crippen molar-refractivity contribution in [2.75, 3.05) is 19.7 Å². The third-order valence-electron chi connectivity index (χ3n) is 4.01. The van der Waals surface area contributed by atoms with Crippen LogP contribution < -0.4 is 0 Å². The minimum atomic E-state index is -0.121. The fraction of sp³-hybridized carbons (Fsp3) is 0.625. The summed E-state index contributed by atoms with van der Waals surface area (Å²) in [5.41, 5.74) is 1.25. The SMILES string of the molecule is CCOC(=O)C1CCN(C(=O)c2cc(CC)c(C)s2)CC1. The second-order valence-electron chi connectivity index (χ2n) is 5.36. The molecule has 0 bridgehead atoms. The highest BCUT2D eigenvalue weighted by Crippen LogP contribution is 2.26. The molecule has 5 heteroatoms. The van der Waals surface area contributed by atoms with E-state index in [9.17, 15) is 9.59 Å². The van der Waals surface area contributed by atoms with Gasteiger partial charge in [0.25, 0.3) is 5.91 Å². The number of aryl methyl sites for hydroxylation is 2. The summed E-state index contributed by atoms with van der Waals surface area (Å²) in [4.78, 5) is 28.1. The van der Waals surface area contributed by atoms with Gasteiger partial charge in [-0.25, -0.2) is 0 Å². The summed E-state index contributed by atoms with van der Waals surface area (Å²) in [5, 5.41) is 0. The Morgan fingerprint density at radius 2 is 2.00 bits per heavy atom. The molecular weight excluding hydrogens is 286 g/mol. The summed E-state index contributed by atoms with van der Waals surface area (Å²) in [5.74, 6) is -0.0692. The normalized spacial score (nSPS) is 16.0. The Morgan fingerprint density at radius 3 is 2.52 bits per heavy atom. The van der Waals surface area contributed by atoms with E-state index in [4.69, 9.17) is 4.74 Å². The van der Waals surface area contributed by atoms with Gasteiger partial charge in [0.1, 0.15) is 0 Å². The maximum atomic E-state index is 12.5. The third kappa shape index (κ3) is 3.64. The summed E-state index contributed by atoms with van der Waals surface area (Å²) in [6, 6.07) is 2.01. The van der Waals surface area contributed by atoms with Crippen LogP contribution in [0, 0.1) is 12.8 Å². The third-order valence-corrected chi connectivity index (χ3v) is 5.10. The second-order valence-corrected chi connectivity index (χ2v) is 6.62. The van der Waals surface area contributed by atoms with E-state index < -0.39 is 0 Å². The fourth-order valence-corrected chi connectivity index (χ4v) is 3.79. The predicted molar refractivity (Wildman–Crippen MR) is 83.7 cm³/mol. The summed E-state index contributed by atoms with van der Waals surface area (Å²) in [6.45, 7) is 7.69. The number of hydrogen-bond donors (Lipinski definition) is 0. The van der Waals surface area contributed by atoms with Gasteiger partial charge >= 0.3 is 5.97 Å². The van der Waals surface area contributed by atoms with E-state index in [0.717, 1.165) is 11.3 Å². The number of esters is 1. The highest BCUT2D eigenvalue weighted by atomic mass is 32.1. The summed E-state index contributed by atoms with van der Waals surface area (Å²) >= 11 is 1.57. The van der Waals surface area contributed by atoms with Gasteiger partial charge in [0, 0.05) is 18.0 Å². The molecule has 1 amide bonds. The van der Waals surface area contributed by atoms with Crippen molar-refractivity contribution in [3.8, 4) is 0 Å². The van der Waals surface area contributed by atoms with Crippen LogP contribution in [0.15, 0.2) is 6.07 Å². The van der Waals surface area contributed by atoms with Crippen LogP contribution in [0.4, 0.5) is 0 Å². The maximum Gasteiger partial charge on any atom is 0.309 e. The number of thiophene rings is 1. The zero-order valence-electron chi connectivity index (χ0n) is 13.0. The first-order chi connectivity index (χ1) is 10.1. The number of amides is 1. The Bertz CT molecular complexity index is 516. The molecule has 0 spiro atoms. The van der Waals surface area contributed by atoms with Gasteiger partial charge in [-0.1, -0.05) is 6.92 Å². The van der Waals surface area contributed by atoms with E-state index in [1.165, 1.54) is 10.4 Å². The molecule has 0 atom stereocenters. The lowest BCUT2D eigenvalue weighted by Gasteiger charge is -2.30. The first kappa shape index (κ1) is 16.0. The average molecular weight is 309 g/mol. The molecule has 0 aromatic carbocycles. The number of ether oxygens (including phenoxy) is 1. The van der Waals surface area contributed by atoms with Crippen LogP contribution in [0.2, 0.25) is 0 Å². The minimum Gasteiger partial charge on any atom is -0.466 e. The first-order valence-electron chi connectivity index (χ1n) is 7.62. The Labute approximate surface area is 130 Å². The quantitative estimate of drug-likeness (QED) is 0.803. The lowest BCUT2D eigenvalue weighted by atomic mass is 9.97. The molecule has 0 unspecified atom stereocenters. The van der Waals surface area contributed by atoms with Crippen molar-refractivity contribution < 1.29 is 14.3 Å². The lowest BCUT2D eigenvalue weighted by molar-refractivity contribution is -0.149. The number of carbonyl (C=O) groups excluding carboxylic acids is 2. The van der Waals surface area contributed by atoms with Gasteiger partial charge in [-0.15, -0.1) is 11.3 Å². The zero-order valence-corrected chi connectivity index (χ0v) is 13.8. The molecule has 0 aliphatic carbocycles. The molecule has 1 aromatic heterocycles. The lowest BCUT2D eigenvalue weighted by Crippen LogP contribution is -2.40. The summed E-state index contributed by atoms with van der Waals surface area (Å²) in [6.07, 6.45) is 2.37. The van der Waals surface area contributed by atoms with Gasteiger partial charge < -0.3 is 9.64 Å². The number of likely N-dealkylation sites (tertiary alicyclic amines) is 1. The molecule has 0 radical (unpaired) electrons. The molecule has 2 heterocycles. The van der Waals surface area contributed by atoms with Crippen molar-refractivity contribution >= 4 is 23.2 Å². The van der Waals surface area contributed by atoms with Gasteiger partial charge in [-0.05, 0) is 44.7 Å². The van der Waals surface area contributed by atoms with Crippen LogP contribution in [0.5, 0.6) is 0 Å². The number of carbonyl (C=O) groups is 2. The van der Waals surface area contributed by atoms with Crippen molar-refractivity contribution in [2.45, 2.75) is 40.0 Å². The van der Waals surface area contributed by atoms with Gasteiger partial charge in [0.15, 0.2) is 0 Å². The number of piperidine rings is 1. The maximum absolute atomic E-state index is 12.5. The zero-order chi connectivity index (χ0) is 15.4. The Hall–Kier alpha value is -1.36. The highest BCUT2D eigenvalue weighted by molar-refractivity contribution is 7.14. The highest BCUT2D eigenvalue weighted by Gasteiger charge is 2.29. The van der Waals surface area contributed by atoms with E-state index in [1.807, 2.05) is 17.9 Å². The van der Waals surface area contributed by atoms with Crippen LogP contribution in [0.1, 0.15) is 46.8 Å². The van der Waals surface area contributed by atoms with Crippen LogP contribution in [-0.4, -0.2) is 36.5 Å². The van der Waals surface area contributed by atoms with E-state index >= 15 is 0 Å². The number of rotatable bonds is 4. The molecule has 21 heavy (non-hydrogen) atoms. The van der Waals surface area contributed by atoms with E-state index in [1.54, 1.807) is 11.3 Å². The number of hydrogen-bond acceptors (Lipinski definition) is 4. The van der Waals surface area contributed by atoms with E-state index in [0.29, 0.717) is 32.5 Å². The molecular formula is C16H23NO3S. The Kier molecular flexibility index (Phi) is 5.39. The first-order valence-corrected chi connectivity index (χ1v) is 8.43. The van der Waals surface area contributed by atoms with Gasteiger partial charge in [-0.2, -0.15) is 0 Å². The average Bonchev–Trinajstić information content (AvgIpc) is 2.88. The van der Waals surface area contributed by atoms with Gasteiger partial charge in [0.05, 0.1) is 17.4 Å². The molecule has 1 fully saturated rings. The Balaban J connectivity index is 1.95. The predicted octanol–water partition coefficient (Wildman–Crippen LogP) is 3.03. The molecule has 1 aliphatic rings. The molecule has 0 saturated carbocycles. The van der Waals surface area contributed by atoms with Crippen molar-refractivity contribution in [1.29, 1.82) is 0 Å². The number of nitrogens with zero attached hydrogens (tertiary/aromatic N) is 1. The smallest absolute Gasteiger partial charge is 0.309 e. The van der Waals surface area contributed by atoms with Gasteiger partial charge in [0.2, 0.25) is 0 Å². The summed E-state index contributed by atoms with van der Waals surface area (Å²) in [7, 11) is 0. The Morgan fingerprint density at radius 1 is 1.33 bits per heavy atom. The van der Waals surface area contributed by atoms with Crippen LogP contribution >= 0.6 is 11.3 Å². The molecule has 1 saturated heterocycles. The standard InChI is InChI=1S/C16H23NO3S/c1-4-12-10-14(21-11(12)3)15(18)17-8-6-13(7-9-17)16(19)20-5-2/h10,13H,4-9H2,1-3H3. The molecule has 1 aromatic rings. The van der Waals surface area contributed by atoms with Crippen LogP contribution in [-0.2, 0) is 16.0 Å². The molecule has 0 N–H and O–H groups in total. The minimum absolute atomic E-state index is 0.0507. The van der Waals surface area contributed by atoms with Crippen molar-refractivity contribution in [3.63, 3.8) is 0 Å². The molecule has 2 rings (SSSR count). The van der Waals surface area contributed by atoms with Gasteiger partial charge in [-0.3, -0.25) is 9.59 Å². The molecule has 116 valence electrons. The summed E-state index contributed by atoms with van der Waals surface area (Å²) < 4.78 is 5.05. The van der Waals surface area contributed by atoms with E-state index in [2.05, 4.69) is 13.8 Å². The van der Waals surface area contributed by atoms with Crippen molar-refractivity contribution in [3.05, 3.63) is 21.4 Å². The second kappa shape index (κ2) is 7.07.